The molecule has 1 N–H and O–H groups in total. The van der Waals surface area contributed by atoms with Crippen LogP contribution in [0.1, 0.15) is 56.0 Å². The van der Waals surface area contributed by atoms with Crippen molar-refractivity contribution < 1.29 is 0 Å². The molecule has 0 saturated heterocycles. The lowest BCUT2D eigenvalue weighted by atomic mass is 9.91. The highest BCUT2D eigenvalue weighted by Gasteiger charge is 2.37. The summed E-state index contributed by atoms with van der Waals surface area (Å²) in [5, 5.41) is 5.79. The van der Waals surface area contributed by atoms with E-state index in [1.54, 1.807) is 10.4 Å². The molecule has 1 heterocycles. The van der Waals surface area contributed by atoms with Crippen LogP contribution in [-0.4, -0.2) is 6.54 Å². The molecule has 84 valence electrons. The summed E-state index contributed by atoms with van der Waals surface area (Å²) < 4.78 is 0. The van der Waals surface area contributed by atoms with E-state index < -0.39 is 0 Å². The second kappa shape index (κ2) is 3.91. The molecule has 0 fully saturated rings. The summed E-state index contributed by atoms with van der Waals surface area (Å²) >= 11 is 1.96. The number of fused-ring (bicyclic) bond motifs is 1. The lowest BCUT2D eigenvalue weighted by molar-refractivity contribution is 0.494. The lowest BCUT2D eigenvalue weighted by Gasteiger charge is -2.16. The fraction of sp³-hybridized carbons (Fsp3) is 0.692. The maximum absolute atomic E-state index is 3.43. The van der Waals surface area contributed by atoms with Gasteiger partial charge in [0, 0.05) is 11.4 Å². The summed E-state index contributed by atoms with van der Waals surface area (Å²) in [6, 6.07) is 0. The van der Waals surface area contributed by atoms with E-state index in [1.165, 1.54) is 12.0 Å². The van der Waals surface area contributed by atoms with Crippen LogP contribution in [0.15, 0.2) is 5.38 Å². The third kappa shape index (κ3) is 1.85. The first-order valence-electron chi connectivity index (χ1n) is 5.87. The zero-order valence-corrected chi connectivity index (χ0v) is 11.0. The Labute approximate surface area is 96.9 Å². The average molecular weight is 223 g/mol. The van der Waals surface area contributed by atoms with Gasteiger partial charge < -0.3 is 5.32 Å². The largest absolute Gasteiger partial charge is 0.313 e. The molecule has 1 aliphatic rings. The van der Waals surface area contributed by atoms with Crippen molar-refractivity contribution in [3.63, 3.8) is 0 Å². The third-order valence-electron chi connectivity index (χ3n) is 3.40. The first-order valence-corrected chi connectivity index (χ1v) is 6.75. The van der Waals surface area contributed by atoms with E-state index in [4.69, 9.17) is 0 Å². The molecule has 0 amide bonds. The average Bonchev–Trinajstić information content (AvgIpc) is 2.65. The van der Waals surface area contributed by atoms with Gasteiger partial charge in [-0.1, -0.05) is 27.7 Å². The molecule has 1 aromatic rings. The van der Waals surface area contributed by atoms with E-state index in [0.29, 0.717) is 5.41 Å². The van der Waals surface area contributed by atoms with Crippen LogP contribution in [0, 0.1) is 0 Å². The molecule has 2 rings (SSSR count). The monoisotopic (exact) mass is 223 g/mol. The van der Waals surface area contributed by atoms with Gasteiger partial charge in [-0.3, -0.25) is 0 Å². The maximum Gasteiger partial charge on any atom is 0.0216 e. The molecule has 0 aliphatic heterocycles. The van der Waals surface area contributed by atoms with Crippen LogP contribution >= 0.6 is 11.3 Å². The normalized spacial score (nSPS) is 23.1. The summed E-state index contributed by atoms with van der Waals surface area (Å²) in [5.41, 5.74) is 3.59. The Morgan fingerprint density at radius 3 is 2.93 bits per heavy atom. The minimum absolute atomic E-state index is 0.407. The van der Waals surface area contributed by atoms with Crippen molar-refractivity contribution in [3.8, 4) is 0 Å². The van der Waals surface area contributed by atoms with E-state index in [2.05, 4.69) is 38.4 Å². The number of hydrogen-bond acceptors (Lipinski definition) is 2. The van der Waals surface area contributed by atoms with Crippen LogP contribution in [0.4, 0.5) is 0 Å². The van der Waals surface area contributed by atoms with Gasteiger partial charge in [0.2, 0.25) is 0 Å². The van der Waals surface area contributed by atoms with Gasteiger partial charge >= 0.3 is 0 Å². The van der Waals surface area contributed by atoms with Gasteiger partial charge in [0.25, 0.3) is 0 Å². The minimum atomic E-state index is 0.407. The van der Waals surface area contributed by atoms with Gasteiger partial charge in [0.05, 0.1) is 0 Å². The van der Waals surface area contributed by atoms with E-state index in [1.807, 2.05) is 11.3 Å². The van der Waals surface area contributed by atoms with E-state index in [-0.39, 0.29) is 0 Å². The number of hydrogen-bond donors (Lipinski definition) is 1. The van der Waals surface area contributed by atoms with Gasteiger partial charge in [-0.05, 0) is 40.8 Å². The number of thiophene rings is 1. The molecule has 0 spiro atoms. The molecular weight excluding hydrogens is 202 g/mol. The second-order valence-corrected chi connectivity index (χ2v) is 6.15. The zero-order chi connectivity index (χ0) is 11.1. The topological polar surface area (TPSA) is 12.0 Å². The Bertz CT molecular complexity index is 351. The molecule has 1 aromatic heterocycles. The van der Waals surface area contributed by atoms with Gasteiger partial charge in [0.15, 0.2) is 0 Å². The van der Waals surface area contributed by atoms with Crippen molar-refractivity contribution in [2.24, 2.45) is 0 Å². The molecule has 1 aliphatic carbocycles. The van der Waals surface area contributed by atoms with Gasteiger partial charge in [-0.2, -0.15) is 0 Å². The molecule has 1 atom stereocenters. The molecule has 0 saturated carbocycles. The van der Waals surface area contributed by atoms with Gasteiger partial charge in [-0.15, -0.1) is 11.3 Å². The van der Waals surface area contributed by atoms with Crippen LogP contribution in [0.25, 0.3) is 0 Å². The van der Waals surface area contributed by atoms with Crippen molar-refractivity contribution in [1.29, 1.82) is 0 Å². The van der Waals surface area contributed by atoms with Crippen molar-refractivity contribution in [2.75, 3.05) is 6.54 Å². The summed E-state index contributed by atoms with van der Waals surface area (Å²) in [7, 11) is 0. The molecule has 2 heteroatoms. The standard InChI is InChI=1S/C13H21NS/c1-5-14-7-10-8-15-12-11(10)9(2)6-13(12,3)4/h8-9,14H,5-7H2,1-4H3. The minimum Gasteiger partial charge on any atom is -0.313 e. The van der Waals surface area contributed by atoms with Crippen LogP contribution in [0.2, 0.25) is 0 Å². The van der Waals surface area contributed by atoms with Gasteiger partial charge in [0.1, 0.15) is 0 Å². The molecule has 1 nitrogen and oxygen atoms in total. The fourth-order valence-corrected chi connectivity index (χ4v) is 4.16. The highest BCUT2D eigenvalue weighted by Crippen LogP contribution is 2.50. The number of rotatable bonds is 3. The van der Waals surface area contributed by atoms with Crippen molar-refractivity contribution in [1.82, 2.24) is 5.32 Å². The zero-order valence-electron chi connectivity index (χ0n) is 10.2. The second-order valence-electron chi connectivity index (χ2n) is 5.27. The van der Waals surface area contributed by atoms with E-state index in [9.17, 15) is 0 Å². The molecule has 1 unspecified atom stereocenters. The summed E-state index contributed by atoms with van der Waals surface area (Å²) in [6.45, 7) is 11.4. The Kier molecular flexibility index (Phi) is 2.91. The third-order valence-corrected chi connectivity index (χ3v) is 4.81. The first kappa shape index (κ1) is 11.2. The van der Waals surface area contributed by atoms with Crippen LogP contribution in [-0.2, 0) is 12.0 Å². The maximum atomic E-state index is 3.43. The van der Waals surface area contributed by atoms with Crippen molar-refractivity contribution in [2.45, 2.75) is 52.0 Å². The Morgan fingerprint density at radius 1 is 1.53 bits per heavy atom. The quantitative estimate of drug-likeness (QED) is 0.825. The highest BCUT2D eigenvalue weighted by molar-refractivity contribution is 7.10. The Morgan fingerprint density at radius 2 is 2.27 bits per heavy atom. The van der Waals surface area contributed by atoms with Gasteiger partial charge in [-0.25, -0.2) is 0 Å². The van der Waals surface area contributed by atoms with Crippen LogP contribution in [0.3, 0.4) is 0 Å². The van der Waals surface area contributed by atoms with E-state index >= 15 is 0 Å². The highest BCUT2D eigenvalue weighted by atomic mass is 32.1. The molecule has 15 heavy (non-hydrogen) atoms. The predicted molar refractivity (Wildman–Crippen MR) is 67.8 cm³/mol. The summed E-state index contributed by atoms with van der Waals surface area (Å²) in [6.07, 6.45) is 1.31. The lowest BCUT2D eigenvalue weighted by Crippen LogP contribution is -2.12. The number of nitrogens with one attached hydrogen (secondary N) is 1. The fourth-order valence-electron chi connectivity index (χ4n) is 2.82. The Balaban J connectivity index is 2.31. The van der Waals surface area contributed by atoms with Crippen LogP contribution < -0.4 is 5.32 Å². The smallest absolute Gasteiger partial charge is 0.0216 e. The van der Waals surface area contributed by atoms with Crippen molar-refractivity contribution >= 4 is 11.3 Å². The SMILES string of the molecule is CCNCc1csc2c1C(C)CC2(C)C. The van der Waals surface area contributed by atoms with Crippen LogP contribution in [0.5, 0.6) is 0 Å². The predicted octanol–water partition coefficient (Wildman–Crippen LogP) is 3.64. The van der Waals surface area contributed by atoms with Crippen molar-refractivity contribution in [3.05, 3.63) is 21.4 Å². The first-order chi connectivity index (χ1) is 7.06. The van der Waals surface area contributed by atoms with E-state index in [0.717, 1.165) is 19.0 Å². The molecule has 0 aromatic carbocycles. The Hall–Kier alpha value is -0.340. The summed E-state index contributed by atoms with van der Waals surface area (Å²) in [5.74, 6) is 0.745. The molecule has 0 radical (unpaired) electrons. The molecular formula is C13H21NS. The molecule has 0 bridgehead atoms. The summed E-state index contributed by atoms with van der Waals surface area (Å²) in [4.78, 5) is 1.63.